The van der Waals surface area contributed by atoms with Gasteiger partial charge in [-0.05, 0) is 82.5 Å². The van der Waals surface area contributed by atoms with Crippen molar-refractivity contribution in [1.29, 1.82) is 5.41 Å². The molecule has 1 aliphatic heterocycles. The number of nitrogens with one attached hydrogen (secondary N) is 3. The molecule has 0 radical (unpaired) electrons. The molecule has 2 aliphatic rings. The van der Waals surface area contributed by atoms with E-state index >= 15 is 0 Å². The lowest BCUT2D eigenvalue weighted by atomic mass is 9.89. The van der Waals surface area contributed by atoms with Gasteiger partial charge in [0.05, 0.1) is 23.0 Å². The van der Waals surface area contributed by atoms with Gasteiger partial charge in [0, 0.05) is 36.5 Å². The van der Waals surface area contributed by atoms with Gasteiger partial charge in [-0.2, -0.15) is 5.10 Å². The van der Waals surface area contributed by atoms with Crippen LogP contribution >= 0.6 is 11.3 Å². The highest BCUT2D eigenvalue weighted by molar-refractivity contribution is 7.22. The normalized spacial score (nSPS) is 17.4. The van der Waals surface area contributed by atoms with Crippen molar-refractivity contribution in [1.82, 2.24) is 30.3 Å². The molecule has 1 aromatic carbocycles. The summed E-state index contributed by atoms with van der Waals surface area (Å²) in [6.07, 6.45) is 13.8. The van der Waals surface area contributed by atoms with Crippen LogP contribution in [-0.4, -0.2) is 63.2 Å². The Balaban J connectivity index is 1.43. The third-order valence-electron chi connectivity index (χ3n) is 8.40. The zero-order valence-electron chi connectivity index (χ0n) is 27.1. The maximum Gasteiger partial charge on any atom is 0.302 e. The Bertz CT molecular complexity index is 1670. The van der Waals surface area contributed by atoms with Crippen molar-refractivity contribution in [2.45, 2.75) is 59.4 Å². The number of aliphatic hydroxyl groups is 1. The Hall–Kier alpha value is -4.42. The lowest BCUT2D eigenvalue weighted by Crippen LogP contribution is -2.40. The van der Waals surface area contributed by atoms with Crippen molar-refractivity contribution in [3.63, 3.8) is 0 Å². The quantitative estimate of drug-likeness (QED) is 0.0902. The molecule has 1 aliphatic carbocycles. The molecule has 0 amide bonds. The van der Waals surface area contributed by atoms with Crippen molar-refractivity contribution in [2.24, 2.45) is 16.6 Å². The number of allylic oxidation sites excluding steroid dienone is 3. The van der Waals surface area contributed by atoms with Gasteiger partial charge < -0.3 is 31.1 Å². The Morgan fingerprint density at radius 1 is 1.28 bits per heavy atom. The van der Waals surface area contributed by atoms with Crippen LogP contribution in [0.2, 0.25) is 0 Å². The number of aliphatic hydroxyl groups excluding tert-OH is 1. The Labute approximate surface area is 274 Å². The first-order chi connectivity index (χ1) is 22.3. The molecule has 1 fully saturated rings. The minimum atomic E-state index is -0.210. The molecule has 12 heteroatoms. The summed E-state index contributed by atoms with van der Waals surface area (Å²) in [6, 6.07) is 7.86. The number of aliphatic imine (C=N–C) groups is 1. The van der Waals surface area contributed by atoms with Gasteiger partial charge in [-0.1, -0.05) is 42.7 Å². The molecule has 0 spiro atoms. The van der Waals surface area contributed by atoms with Crippen molar-refractivity contribution in [2.75, 3.05) is 26.7 Å². The van der Waals surface area contributed by atoms with E-state index in [1.54, 1.807) is 6.08 Å². The maximum absolute atomic E-state index is 11.1. The molecule has 0 saturated heterocycles. The summed E-state index contributed by atoms with van der Waals surface area (Å²) < 4.78 is 8.71. The molecular weight excluding hydrogens is 599 g/mol. The molecule has 0 unspecified atom stereocenters. The summed E-state index contributed by atoms with van der Waals surface area (Å²) in [5.41, 5.74) is 11.1. The Kier molecular flexibility index (Phi) is 10.9. The van der Waals surface area contributed by atoms with Crippen LogP contribution in [0.1, 0.15) is 57.2 Å². The van der Waals surface area contributed by atoms with Crippen LogP contribution in [0.25, 0.3) is 15.8 Å². The molecule has 244 valence electrons. The molecule has 6 N–H and O–H groups in total. The van der Waals surface area contributed by atoms with Crippen LogP contribution in [0.5, 0.6) is 0 Å². The minimum absolute atomic E-state index is 0.206. The van der Waals surface area contributed by atoms with Crippen molar-refractivity contribution < 1.29 is 9.84 Å². The number of amidine groups is 2. The summed E-state index contributed by atoms with van der Waals surface area (Å²) >= 11 is 1.47. The minimum Gasteiger partial charge on any atom is -0.479 e. The fourth-order valence-electron chi connectivity index (χ4n) is 5.80. The lowest BCUT2D eigenvalue weighted by Gasteiger charge is -2.31. The molecule has 3 heterocycles. The largest absolute Gasteiger partial charge is 0.479 e. The number of likely N-dealkylation sites (N-methyl/N-ethyl adjacent to an activating group) is 1. The average molecular weight is 644 g/mol. The third-order valence-corrected chi connectivity index (χ3v) is 9.33. The number of ether oxygens (including phenoxy) is 1. The lowest BCUT2D eigenvalue weighted by molar-refractivity contribution is 0.0974. The molecule has 2 aromatic heterocycles. The summed E-state index contributed by atoms with van der Waals surface area (Å²) in [6.45, 7) is 8.03. The molecule has 5 rings (SSSR count). The molecule has 0 atom stereocenters. The molecular formula is C34H45N9O2S. The van der Waals surface area contributed by atoms with E-state index in [9.17, 15) is 5.11 Å². The van der Waals surface area contributed by atoms with Gasteiger partial charge in [0.2, 0.25) is 5.13 Å². The topological polar surface area (TPSA) is 150 Å². The van der Waals surface area contributed by atoms with Crippen molar-refractivity contribution in [3.05, 3.63) is 83.0 Å². The fraction of sp³-hybridized carbons (Fsp3) is 0.412. The highest BCUT2D eigenvalue weighted by Gasteiger charge is 2.26. The van der Waals surface area contributed by atoms with Crippen LogP contribution in [-0.2, 0) is 11.3 Å². The van der Waals surface area contributed by atoms with Gasteiger partial charge in [-0.15, -0.1) is 0 Å². The molecule has 0 bridgehead atoms. The first-order valence-corrected chi connectivity index (χ1v) is 16.8. The summed E-state index contributed by atoms with van der Waals surface area (Å²) in [5, 5.41) is 31.9. The van der Waals surface area contributed by atoms with Gasteiger partial charge in [0.25, 0.3) is 0 Å². The number of para-hydroxylation sites is 1. The second kappa shape index (κ2) is 15.2. The van der Waals surface area contributed by atoms with E-state index in [1.807, 2.05) is 68.4 Å². The zero-order valence-corrected chi connectivity index (χ0v) is 28.0. The second-order valence-corrected chi connectivity index (χ2v) is 12.6. The van der Waals surface area contributed by atoms with E-state index in [1.165, 1.54) is 43.4 Å². The molecule has 46 heavy (non-hydrogen) atoms. The number of dihydropyridines is 1. The standard InChI is InChI=1S/C34H45N9O2S/c1-5-45-33(44)31-25(26-20-38-43(23(26)3)21-24-11-7-6-8-12-24)15-16-30(40-31)42(18-17-37-4)29(35)19-22(2)32(36)41-34-39-27-13-9-10-14-28(27)46-34/h9-10,13-16,19-20,24,35,37,40,44H,5-8,11-12,17-18,21H2,1-4H3,(H2,36,39,41)/b22-19-,33-31+,35-29?. The van der Waals surface area contributed by atoms with E-state index in [-0.39, 0.29) is 11.8 Å². The first-order valence-electron chi connectivity index (χ1n) is 16.0. The number of hydrogen-bond acceptors (Lipinski definition) is 9. The van der Waals surface area contributed by atoms with Crippen LogP contribution in [0.15, 0.2) is 76.7 Å². The van der Waals surface area contributed by atoms with Crippen molar-refractivity contribution >= 4 is 43.9 Å². The summed E-state index contributed by atoms with van der Waals surface area (Å²) in [5.74, 6) is 1.54. The van der Waals surface area contributed by atoms with E-state index < -0.39 is 0 Å². The number of nitrogens with zero attached hydrogens (tertiary/aromatic N) is 5. The molecule has 1 saturated carbocycles. The van der Waals surface area contributed by atoms with Gasteiger partial charge in [-0.25, -0.2) is 9.98 Å². The van der Waals surface area contributed by atoms with E-state index in [0.717, 1.165) is 33.6 Å². The smallest absolute Gasteiger partial charge is 0.302 e. The van der Waals surface area contributed by atoms with E-state index in [2.05, 4.69) is 32.2 Å². The van der Waals surface area contributed by atoms with Gasteiger partial charge in [0.15, 0.2) is 0 Å². The third kappa shape index (κ3) is 7.68. The maximum atomic E-state index is 11.1. The zero-order chi connectivity index (χ0) is 32.6. The van der Waals surface area contributed by atoms with Gasteiger partial charge >= 0.3 is 5.95 Å². The Morgan fingerprint density at radius 3 is 2.80 bits per heavy atom. The second-order valence-electron chi connectivity index (χ2n) is 11.6. The number of aromatic nitrogens is 3. The number of fused-ring (bicyclic) bond motifs is 1. The van der Waals surface area contributed by atoms with Crippen LogP contribution in [0, 0.1) is 18.3 Å². The molecule has 3 aromatic rings. The van der Waals surface area contributed by atoms with Gasteiger partial charge in [0.1, 0.15) is 23.2 Å². The Morgan fingerprint density at radius 2 is 2.07 bits per heavy atom. The van der Waals surface area contributed by atoms with Crippen LogP contribution < -0.4 is 16.4 Å². The van der Waals surface area contributed by atoms with E-state index in [0.29, 0.717) is 53.7 Å². The van der Waals surface area contributed by atoms with E-state index in [4.69, 9.17) is 21.0 Å². The van der Waals surface area contributed by atoms with Crippen LogP contribution in [0.3, 0.4) is 0 Å². The predicted molar refractivity (Wildman–Crippen MR) is 187 cm³/mol. The highest BCUT2D eigenvalue weighted by atomic mass is 32.1. The summed E-state index contributed by atoms with van der Waals surface area (Å²) in [7, 11) is 1.87. The number of benzene rings is 1. The number of nitrogens with two attached hydrogens (primary N) is 1. The highest BCUT2D eigenvalue weighted by Crippen LogP contribution is 2.32. The molecule has 11 nitrogen and oxygen atoms in total. The number of thiazole rings is 1. The first kappa shape index (κ1) is 33.0. The fourth-order valence-corrected chi connectivity index (χ4v) is 6.65. The monoisotopic (exact) mass is 643 g/mol. The SMILES string of the molecule is CCO/C(O)=C1/NC(N(CCNC)C(=N)/C=C(C)\C(N)=N\c2nc3ccccc3s2)=CC=C1c1cnn(CC2CCCCC2)c1C. The number of rotatable bonds is 12. The average Bonchev–Trinajstić information content (AvgIpc) is 3.63. The van der Waals surface area contributed by atoms with Crippen molar-refractivity contribution in [3.8, 4) is 0 Å². The predicted octanol–water partition coefficient (Wildman–Crippen LogP) is 6.11. The number of hydrogen-bond donors (Lipinski definition) is 5. The van der Waals surface area contributed by atoms with Crippen LogP contribution in [0.4, 0.5) is 5.13 Å². The summed E-state index contributed by atoms with van der Waals surface area (Å²) in [4.78, 5) is 10.9. The van der Waals surface area contributed by atoms with Gasteiger partial charge in [-0.3, -0.25) is 10.1 Å².